The molecule has 0 bridgehead atoms. The molecule has 2 atom stereocenters. The second-order valence-corrected chi connectivity index (χ2v) is 6.90. The minimum absolute atomic E-state index is 0.0152. The van der Waals surface area contributed by atoms with Gasteiger partial charge in [0.15, 0.2) is 0 Å². The van der Waals surface area contributed by atoms with E-state index >= 15 is 0 Å². The van der Waals surface area contributed by atoms with Gasteiger partial charge in [0.2, 0.25) is 10.0 Å². The second kappa shape index (κ2) is 6.83. The van der Waals surface area contributed by atoms with Crippen LogP contribution in [0.2, 0.25) is 0 Å². The monoisotopic (exact) mass is 316 g/mol. The van der Waals surface area contributed by atoms with Crippen LogP contribution in [0.15, 0.2) is 23.1 Å². The Morgan fingerprint density at radius 2 is 2.14 bits per heavy atom. The van der Waals surface area contributed by atoms with Crippen LogP contribution in [0.1, 0.15) is 24.8 Å². The zero-order valence-corrected chi connectivity index (χ0v) is 13.0. The highest BCUT2D eigenvalue weighted by atomic mass is 32.2. The molecule has 0 aliphatic heterocycles. The molecule has 7 heteroatoms. The number of benzene rings is 1. The smallest absolute Gasteiger partial charge is 0.241 e. The van der Waals surface area contributed by atoms with Gasteiger partial charge in [-0.3, -0.25) is 0 Å². The fourth-order valence-electron chi connectivity index (χ4n) is 2.72. The molecule has 1 fully saturated rings. The molecule has 2 N–H and O–H groups in total. The third-order valence-electron chi connectivity index (χ3n) is 3.75. The van der Waals surface area contributed by atoms with Crippen molar-refractivity contribution in [2.24, 2.45) is 0 Å². The molecule has 1 aliphatic carbocycles. The Hall–Kier alpha value is -1.02. The molecule has 21 heavy (non-hydrogen) atoms. The largest absolute Gasteiger partial charge is 0.380 e. The third-order valence-corrected chi connectivity index (χ3v) is 5.32. The van der Waals surface area contributed by atoms with Crippen molar-refractivity contribution in [2.75, 3.05) is 14.2 Å². The Labute approximate surface area is 124 Å². The number of ether oxygens (including phenoxy) is 1. The average molecular weight is 316 g/mol. The molecule has 5 nitrogen and oxygen atoms in total. The highest BCUT2D eigenvalue weighted by Crippen LogP contribution is 2.25. The van der Waals surface area contributed by atoms with E-state index in [0.29, 0.717) is 12.1 Å². The van der Waals surface area contributed by atoms with Gasteiger partial charge >= 0.3 is 0 Å². The molecule has 0 spiro atoms. The lowest BCUT2D eigenvalue weighted by atomic mass is 10.2. The lowest BCUT2D eigenvalue weighted by Crippen LogP contribution is -2.41. The van der Waals surface area contributed by atoms with Gasteiger partial charge in [-0.2, -0.15) is 0 Å². The lowest BCUT2D eigenvalue weighted by Gasteiger charge is -2.20. The molecule has 2 rings (SSSR count). The van der Waals surface area contributed by atoms with Gasteiger partial charge in [0.25, 0.3) is 0 Å². The van der Waals surface area contributed by atoms with Gasteiger partial charge in [-0.15, -0.1) is 0 Å². The van der Waals surface area contributed by atoms with Gasteiger partial charge in [-0.05, 0) is 44.0 Å². The van der Waals surface area contributed by atoms with Gasteiger partial charge in [0.05, 0.1) is 11.0 Å². The molecule has 1 aromatic carbocycles. The minimum atomic E-state index is -3.77. The van der Waals surface area contributed by atoms with Crippen molar-refractivity contribution in [2.45, 2.75) is 42.8 Å². The molecule has 0 radical (unpaired) electrons. The van der Waals surface area contributed by atoms with Crippen LogP contribution >= 0.6 is 0 Å². The molecule has 118 valence electrons. The first kappa shape index (κ1) is 16.4. The van der Waals surface area contributed by atoms with Gasteiger partial charge < -0.3 is 10.1 Å². The fourth-order valence-corrected chi connectivity index (χ4v) is 4.27. The summed E-state index contributed by atoms with van der Waals surface area (Å²) in [5.41, 5.74) is 0.540. The first-order chi connectivity index (χ1) is 9.97. The maximum atomic E-state index is 13.4. The Morgan fingerprint density at radius 3 is 2.81 bits per heavy atom. The van der Waals surface area contributed by atoms with Crippen LogP contribution in [0.4, 0.5) is 4.39 Å². The van der Waals surface area contributed by atoms with Crippen molar-refractivity contribution < 1.29 is 17.5 Å². The molecule has 0 amide bonds. The first-order valence-electron chi connectivity index (χ1n) is 6.96. The molecule has 0 saturated heterocycles. The number of halogens is 1. The van der Waals surface area contributed by atoms with Crippen molar-refractivity contribution in [3.05, 3.63) is 29.6 Å². The summed E-state index contributed by atoms with van der Waals surface area (Å²) in [6.45, 7) is 0.356. The van der Waals surface area contributed by atoms with Crippen LogP contribution in [-0.4, -0.2) is 34.7 Å². The zero-order valence-electron chi connectivity index (χ0n) is 12.2. The summed E-state index contributed by atoms with van der Waals surface area (Å²) >= 11 is 0. The third kappa shape index (κ3) is 3.79. The topological polar surface area (TPSA) is 67.4 Å². The van der Waals surface area contributed by atoms with Crippen molar-refractivity contribution >= 4 is 10.0 Å². The molecule has 1 aliphatic rings. The van der Waals surface area contributed by atoms with Crippen LogP contribution in [0.25, 0.3) is 0 Å². The quantitative estimate of drug-likeness (QED) is 0.832. The number of hydrogen-bond donors (Lipinski definition) is 2. The molecular formula is C14H21FN2O3S. The summed E-state index contributed by atoms with van der Waals surface area (Å²) in [6, 6.07) is 3.55. The Bertz CT molecular complexity index is 592. The van der Waals surface area contributed by atoms with E-state index in [0.717, 1.165) is 25.3 Å². The summed E-state index contributed by atoms with van der Waals surface area (Å²) in [4.78, 5) is -0.0152. The zero-order chi connectivity index (χ0) is 15.5. The van der Waals surface area contributed by atoms with Crippen LogP contribution < -0.4 is 10.0 Å². The number of rotatable bonds is 6. The highest BCUT2D eigenvalue weighted by molar-refractivity contribution is 7.89. The van der Waals surface area contributed by atoms with E-state index in [4.69, 9.17) is 4.74 Å². The predicted molar refractivity (Wildman–Crippen MR) is 77.9 cm³/mol. The van der Waals surface area contributed by atoms with E-state index in [1.807, 2.05) is 0 Å². The highest BCUT2D eigenvalue weighted by Gasteiger charge is 2.32. The van der Waals surface area contributed by atoms with Crippen molar-refractivity contribution in [1.29, 1.82) is 0 Å². The van der Waals surface area contributed by atoms with Crippen LogP contribution in [0.3, 0.4) is 0 Å². The maximum Gasteiger partial charge on any atom is 0.241 e. The van der Waals surface area contributed by atoms with Crippen molar-refractivity contribution in [3.8, 4) is 0 Å². The molecule has 0 heterocycles. The normalized spacial score (nSPS) is 22.6. The maximum absolute atomic E-state index is 13.4. The molecule has 1 aromatic rings. The summed E-state index contributed by atoms with van der Waals surface area (Å²) in [6.07, 6.45) is 2.35. The molecule has 0 aromatic heterocycles. The molecule has 2 unspecified atom stereocenters. The van der Waals surface area contributed by atoms with E-state index in [1.54, 1.807) is 14.2 Å². The first-order valence-corrected chi connectivity index (χ1v) is 8.44. The number of sulfonamides is 1. The summed E-state index contributed by atoms with van der Waals surface area (Å²) in [5.74, 6) is -0.565. The molecular weight excluding hydrogens is 295 g/mol. The Balaban J connectivity index is 2.28. The summed E-state index contributed by atoms with van der Waals surface area (Å²) in [7, 11) is -0.483. The van der Waals surface area contributed by atoms with E-state index in [1.165, 1.54) is 12.1 Å². The van der Waals surface area contributed by atoms with E-state index in [9.17, 15) is 12.8 Å². The summed E-state index contributed by atoms with van der Waals surface area (Å²) < 4.78 is 46.5. The fraction of sp³-hybridized carbons (Fsp3) is 0.571. The van der Waals surface area contributed by atoms with Gasteiger partial charge in [0, 0.05) is 19.7 Å². The van der Waals surface area contributed by atoms with Crippen LogP contribution in [-0.2, 0) is 21.3 Å². The number of nitrogens with one attached hydrogen (secondary N) is 2. The minimum Gasteiger partial charge on any atom is -0.380 e. The van der Waals surface area contributed by atoms with E-state index in [-0.39, 0.29) is 17.0 Å². The summed E-state index contributed by atoms with van der Waals surface area (Å²) in [5, 5.41) is 2.89. The van der Waals surface area contributed by atoms with Crippen LogP contribution in [0.5, 0.6) is 0 Å². The van der Waals surface area contributed by atoms with E-state index in [2.05, 4.69) is 10.0 Å². The van der Waals surface area contributed by atoms with Crippen LogP contribution in [0, 0.1) is 5.82 Å². The number of methoxy groups -OCH3 is 1. The van der Waals surface area contributed by atoms with Gasteiger partial charge in [-0.25, -0.2) is 17.5 Å². The Kier molecular flexibility index (Phi) is 5.32. The van der Waals surface area contributed by atoms with Crippen molar-refractivity contribution in [1.82, 2.24) is 10.0 Å². The predicted octanol–water partition coefficient (Wildman–Crippen LogP) is 1.39. The SMILES string of the molecule is CNCc1ccc(F)cc1S(=O)(=O)NC1CCCC1OC. The Morgan fingerprint density at radius 1 is 1.38 bits per heavy atom. The van der Waals surface area contributed by atoms with Gasteiger partial charge in [-0.1, -0.05) is 6.07 Å². The lowest BCUT2D eigenvalue weighted by molar-refractivity contribution is 0.0916. The number of hydrogen-bond acceptors (Lipinski definition) is 4. The van der Waals surface area contributed by atoms with Crippen molar-refractivity contribution in [3.63, 3.8) is 0 Å². The molecule has 1 saturated carbocycles. The average Bonchev–Trinajstić information content (AvgIpc) is 2.87. The van der Waals surface area contributed by atoms with E-state index < -0.39 is 15.8 Å². The standard InChI is InChI=1S/C14H21FN2O3S/c1-16-9-10-6-7-11(15)8-14(10)21(18,19)17-12-4-3-5-13(12)20-2/h6-8,12-13,16-17H,3-5,9H2,1-2H3. The second-order valence-electron chi connectivity index (χ2n) is 5.22. The van der Waals surface area contributed by atoms with Gasteiger partial charge in [0.1, 0.15) is 5.82 Å².